The number of likely N-dealkylation sites (N-methyl/N-ethyl adjacent to an activating group) is 1. The molecule has 1 atom stereocenters. The Balaban J connectivity index is 1.49. The van der Waals surface area contributed by atoms with Crippen LogP contribution >= 0.6 is 11.3 Å². The molecular formula is C17H20N6O3S. The van der Waals surface area contributed by atoms with Crippen molar-refractivity contribution >= 4 is 32.7 Å². The molecular weight excluding hydrogens is 368 g/mol. The van der Waals surface area contributed by atoms with Gasteiger partial charge in [0.05, 0.1) is 17.3 Å². The van der Waals surface area contributed by atoms with Crippen LogP contribution < -0.4 is 10.1 Å². The predicted molar refractivity (Wildman–Crippen MR) is 101 cm³/mol. The van der Waals surface area contributed by atoms with Crippen LogP contribution in [0.1, 0.15) is 17.8 Å². The van der Waals surface area contributed by atoms with E-state index in [1.54, 1.807) is 18.9 Å². The molecule has 0 unspecified atom stereocenters. The summed E-state index contributed by atoms with van der Waals surface area (Å²) in [6.45, 7) is 3.58. The van der Waals surface area contributed by atoms with Gasteiger partial charge in [-0.3, -0.25) is 10.2 Å². The van der Waals surface area contributed by atoms with E-state index in [0.717, 1.165) is 16.0 Å². The van der Waals surface area contributed by atoms with Crippen LogP contribution in [0.3, 0.4) is 0 Å². The van der Waals surface area contributed by atoms with E-state index in [9.17, 15) is 4.79 Å². The quantitative estimate of drug-likeness (QED) is 0.736. The van der Waals surface area contributed by atoms with Crippen LogP contribution in [0.25, 0.3) is 10.2 Å². The van der Waals surface area contributed by atoms with Crippen molar-refractivity contribution in [2.45, 2.75) is 13.0 Å². The van der Waals surface area contributed by atoms with Gasteiger partial charge in [-0.2, -0.15) is 4.98 Å². The molecule has 1 aromatic carbocycles. The average Bonchev–Trinajstić information content (AvgIpc) is 3.27. The molecule has 0 radical (unpaired) electrons. The number of carbonyl (C=O) groups is 1. The zero-order valence-corrected chi connectivity index (χ0v) is 16.1. The summed E-state index contributed by atoms with van der Waals surface area (Å²) in [7, 11) is 3.61. The number of amides is 2. The van der Waals surface area contributed by atoms with Crippen molar-refractivity contribution in [2.75, 3.05) is 39.1 Å². The third kappa shape index (κ3) is 3.45. The Morgan fingerprint density at radius 1 is 1.37 bits per heavy atom. The van der Waals surface area contributed by atoms with Gasteiger partial charge >= 0.3 is 6.03 Å². The highest BCUT2D eigenvalue weighted by molar-refractivity contribution is 7.22. The number of aryl methyl sites for hydroxylation is 1. The second-order valence-electron chi connectivity index (χ2n) is 6.38. The topological polar surface area (TPSA) is 96.6 Å². The van der Waals surface area contributed by atoms with Gasteiger partial charge in [-0.05, 0) is 26.1 Å². The largest absolute Gasteiger partial charge is 0.495 e. The number of hydrogen-bond donors (Lipinski definition) is 1. The highest BCUT2D eigenvalue weighted by Gasteiger charge is 2.32. The molecule has 0 bridgehead atoms. The molecule has 4 rings (SSSR count). The number of ether oxygens (including phenoxy) is 1. The van der Waals surface area contributed by atoms with Crippen molar-refractivity contribution in [3.05, 3.63) is 29.9 Å². The first-order valence-electron chi connectivity index (χ1n) is 8.55. The summed E-state index contributed by atoms with van der Waals surface area (Å²) < 4.78 is 11.6. The van der Waals surface area contributed by atoms with Gasteiger partial charge in [-0.1, -0.05) is 22.6 Å². The Labute approximate surface area is 159 Å². The fourth-order valence-electron chi connectivity index (χ4n) is 3.08. The SMILES string of the molecule is COc1cccc2nc(NC(=O)N3CCN(C)[C@H](c4nc(C)no4)C3)sc12. The monoisotopic (exact) mass is 388 g/mol. The predicted octanol–water partition coefficient (Wildman–Crippen LogP) is 2.52. The standard InChI is InChI=1S/C17H20N6O3S/c1-10-18-15(26-21-10)12-9-23(8-7-22(12)2)17(24)20-16-19-11-5-4-6-13(25-3)14(11)27-16/h4-6,12H,7-9H2,1-3H3,(H,19,20,24)/t12-/m0/s1. The number of hydrogen-bond acceptors (Lipinski definition) is 8. The molecule has 9 nitrogen and oxygen atoms in total. The lowest BCUT2D eigenvalue weighted by molar-refractivity contribution is 0.0960. The van der Waals surface area contributed by atoms with Gasteiger partial charge in [-0.15, -0.1) is 0 Å². The van der Waals surface area contributed by atoms with E-state index in [2.05, 4.69) is 25.3 Å². The van der Waals surface area contributed by atoms with Gasteiger partial charge in [0.25, 0.3) is 0 Å². The molecule has 2 amide bonds. The van der Waals surface area contributed by atoms with Crippen LogP contribution in [0.2, 0.25) is 0 Å². The fraction of sp³-hybridized carbons (Fsp3) is 0.412. The Morgan fingerprint density at radius 2 is 2.22 bits per heavy atom. The van der Waals surface area contributed by atoms with Gasteiger partial charge in [-0.25, -0.2) is 9.78 Å². The Bertz CT molecular complexity index is 971. The number of anilines is 1. The number of nitrogens with zero attached hydrogens (tertiary/aromatic N) is 5. The first-order valence-corrected chi connectivity index (χ1v) is 9.36. The van der Waals surface area contributed by atoms with Gasteiger partial charge in [0.1, 0.15) is 11.8 Å². The van der Waals surface area contributed by atoms with E-state index in [4.69, 9.17) is 9.26 Å². The van der Waals surface area contributed by atoms with E-state index in [1.165, 1.54) is 11.3 Å². The number of thiazole rings is 1. The van der Waals surface area contributed by atoms with Crippen LogP contribution in [-0.2, 0) is 0 Å². The van der Waals surface area contributed by atoms with Crippen LogP contribution in [0, 0.1) is 6.92 Å². The first kappa shape index (κ1) is 17.7. The normalized spacial score (nSPS) is 18.0. The summed E-state index contributed by atoms with van der Waals surface area (Å²) in [5.74, 6) is 1.86. The molecule has 1 aliphatic rings. The van der Waals surface area contributed by atoms with E-state index in [0.29, 0.717) is 36.5 Å². The lowest BCUT2D eigenvalue weighted by Gasteiger charge is -2.37. The summed E-state index contributed by atoms with van der Waals surface area (Å²) in [5.41, 5.74) is 0.798. The zero-order chi connectivity index (χ0) is 19.0. The summed E-state index contributed by atoms with van der Waals surface area (Å²) in [5, 5.41) is 7.30. The molecule has 1 N–H and O–H groups in total. The van der Waals surface area contributed by atoms with Crippen molar-refractivity contribution in [1.29, 1.82) is 0 Å². The molecule has 27 heavy (non-hydrogen) atoms. The smallest absolute Gasteiger partial charge is 0.323 e. The number of benzene rings is 1. The zero-order valence-electron chi connectivity index (χ0n) is 15.3. The number of piperazine rings is 1. The molecule has 0 aliphatic carbocycles. The van der Waals surface area contributed by atoms with Crippen molar-refractivity contribution in [3.8, 4) is 5.75 Å². The van der Waals surface area contributed by atoms with Crippen molar-refractivity contribution in [2.24, 2.45) is 0 Å². The number of carbonyl (C=O) groups excluding carboxylic acids is 1. The Kier molecular flexibility index (Phi) is 4.66. The van der Waals surface area contributed by atoms with Crippen LogP contribution in [0.4, 0.5) is 9.93 Å². The maximum atomic E-state index is 12.8. The molecule has 0 saturated carbocycles. The van der Waals surface area contributed by atoms with Crippen molar-refractivity contribution < 1.29 is 14.1 Å². The van der Waals surface area contributed by atoms with E-state index < -0.39 is 0 Å². The second kappa shape index (κ2) is 7.12. The van der Waals surface area contributed by atoms with E-state index in [1.807, 2.05) is 25.2 Å². The summed E-state index contributed by atoms with van der Waals surface area (Å²) in [4.78, 5) is 25.4. The molecule has 10 heteroatoms. The van der Waals surface area contributed by atoms with Crippen molar-refractivity contribution in [3.63, 3.8) is 0 Å². The molecule has 3 aromatic rings. The molecule has 1 saturated heterocycles. The van der Waals surface area contributed by atoms with Crippen LogP contribution in [-0.4, -0.2) is 64.7 Å². The summed E-state index contributed by atoms with van der Waals surface area (Å²) in [6, 6.07) is 5.34. The minimum absolute atomic E-state index is 0.124. The van der Waals surface area contributed by atoms with E-state index in [-0.39, 0.29) is 12.1 Å². The van der Waals surface area contributed by atoms with Gasteiger partial charge < -0.3 is 14.2 Å². The molecule has 1 aliphatic heterocycles. The lowest BCUT2D eigenvalue weighted by atomic mass is 10.2. The Hall–Kier alpha value is -2.72. The molecule has 1 fully saturated rings. The minimum Gasteiger partial charge on any atom is -0.495 e. The number of fused-ring (bicyclic) bond motifs is 1. The number of urea groups is 1. The summed E-state index contributed by atoms with van der Waals surface area (Å²) >= 11 is 1.40. The van der Waals surface area contributed by atoms with Gasteiger partial charge in [0.2, 0.25) is 5.89 Å². The Morgan fingerprint density at radius 3 is 2.96 bits per heavy atom. The van der Waals surface area contributed by atoms with Crippen molar-refractivity contribution in [1.82, 2.24) is 24.9 Å². The van der Waals surface area contributed by atoms with Crippen LogP contribution in [0.15, 0.2) is 22.7 Å². The second-order valence-corrected chi connectivity index (χ2v) is 7.38. The maximum Gasteiger partial charge on any atom is 0.323 e. The van der Waals surface area contributed by atoms with Gasteiger partial charge in [0, 0.05) is 19.6 Å². The molecule has 3 heterocycles. The molecule has 142 valence electrons. The fourth-order valence-corrected chi connectivity index (χ4v) is 4.03. The van der Waals surface area contributed by atoms with Gasteiger partial charge in [0.15, 0.2) is 11.0 Å². The molecule has 2 aromatic heterocycles. The number of rotatable bonds is 3. The summed E-state index contributed by atoms with van der Waals surface area (Å²) in [6.07, 6.45) is 0. The lowest BCUT2D eigenvalue weighted by Crippen LogP contribution is -2.50. The minimum atomic E-state index is -0.192. The molecule has 0 spiro atoms. The highest BCUT2D eigenvalue weighted by Crippen LogP contribution is 2.33. The van der Waals surface area contributed by atoms with Crippen LogP contribution in [0.5, 0.6) is 5.75 Å². The number of nitrogens with one attached hydrogen (secondary N) is 1. The number of methoxy groups -OCH3 is 1. The first-order chi connectivity index (χ1) is 13.0. The third-order valence-corrected chi connectivity index (χ3v) is 5.58. The third-order valence-electron chi connectivity index (χ3n) is 4.58. The van der Waals surface area contributed by atoms with E-state index >= 15 is 0 Å². The average molecular weight is 388 g/mol. The number of aromatic nitrogens is 3. The maximum absolute atomic E-state index is 12.8. The highest BCUT2D eigenvalue weighted by atomic mass is 32.1.